The third-order valence-electron chi connectivity index (χ3n) is 3.57. The minimum Gasteiger partial charge on any atom is -0.383 e. The molecular formula is C14H26N4O2. The summed E-state index contributed by atoms with van der Waals surface area (Å²) >= 11 is 0. The van der Waals surface area contributed by atoms with Gasteiger partial charge in [-0.25, -0.2) is 4.79 Å². The van der Waals surface area contributed by atoms with Crippen LogP contribution in [0.1, 0.15) is 46.5 Å². The molecule has 4 N–H and O–H groups in total. The molecule has 0 aromatic carbocycles. The maximum absolute atomic E-state index is 11.8. The fourth-order valence-electron chi connectivity index (χ4n) is 2.08. The van der Waals surface area contributed by atoms with Gasteiger partial charge < -0.3 is 11.1 Å². The number of aromatic amines is 1. The summed E-state index contributed by atoms with van der Waals surface area (Å²) in [5.74, 6) is 0.170. The van der Waals surface area contributed by atoms with E-state index in [-0.39, 0.29) is 16.9 Å². The molecule has 1 aromatic heterocycles. The Hall–Kier alpha value is -1.72. The maximum atomic E-state index is 11.8. The Kier molecular flexibility index (Phi) is 5.42. The SMILES string of the molecule is CCCCCC(C)(C)CNc1c(N)n(C)c(=O)[nH]c1=O. The van der Waals surface area contributed by atoms with Gasteiger partial charge in [-0.15, -0.1) is 0 Å². The summed E-state index contributed by atoms with van der Waals surface area (Å²) in [6.45, 7) is 7.13. The average Bonchev–Trinajstić information content (AvgIpc) is 2.36. The van der Waals surface area contributed by atoms with Gasteiger partial charge in [-0.3, -0.25) is 14.3 Å². The van der Waals surface area contributed by atoms with E-state index >= 15 is 0 Å². The molecule has 1 aromatic rings. The first-order valence-corrected chi connectivity index (χ1v) is 7.11. The van der Waals surface area contributed by atoms with Crippen LogP contribution < -0.4 is 22.3 Å². The summed E-state index contributed by atoms with van der Waals surface area (Å²) in [4.78, 5) is 25.4. The second-order valence-corrected chi connectivity index (χ2v) is 6.05. The molecule has 6 nitrogen and oxygen atoms in total. The van der Waals surface area contributed by atoms with E-state index in [4.69, 9.17) is 5.73 Å². The Balaban J connectivity index is 2.78. The number of anilines is 2. The molecule has 0 atom stereocenters. The molecule has 6 heteroatoms. The highest BCUT2D eigenvalue weighted by Gasteiger charge is 2.19. The zero-order valence-corrected chi connectivity index (χ0v) is 12.9. The van der Waals surface area contributed by atoms with E-state index in [2.05, 4.69) is 31.1 Å². The topological polar surface area (TPSA) is 92.9 Å². The number of aromatic nitrogens is 2. The maximum Gasteiger partial charge on any atom is 0.329 e. The van der Waals surface area contributed by atoms with Crippen molar-refractivity contribution in [1.82, 2.24) is 9.55 Å². The molecule has 1 rings (SSSR count). The normalized spacial score (nSPS) is 11.6. The van der Waals surface area contributed by atoms with Gasteiger partial charge in [0.25, 0.3) is 5.56 Å². The predicted octanol–water partition coefficient (Wildman–Crippen LogP) is 1.67. The lowest BCUT2D eigenvalue weighted by Gasteiger charge is -2.25. The van der Waals surface area contributed by atoms with E-state index < -0.39 is 11.2 Å². The van der Waals surface area contributed by atoms with E-state index in [9.17, 15) is 9.59 Å². The van der Waals surface area contributed by atoms with Crippen LogP contribution in [0.25, 0.3) is 0 Å². The molecule has 0 saturated heterocycles. The van der Waals surface area contributed by atoms with Gasteiger partial charge >= 0.3 is 5.69 Å². The van der Waals surface area contributed by atoms with Gasteiger partial charge in [0.15, 0.2) is 0 Å². The fourth-order valence-corrected chi connectivity index (χ4v) is 2.08. The van der Waals surface area contributed by atoms with Crippen LogP contribution in [-0.4, -0.2) is 16.1 Å². The van der Waals surface area contributed by atoms with E-state index in [1.54, 1.807) is 0 Å². The molecule has 20 heavy (non-hydrogen) atoms. The summed E-state index contributed by atoms with van der Waals surface area (Å²) in [5.41, 5.74) is 5.20. The lowest BCUT2D eigenvalue weighted by molar-refractivity contribution is 0.342. The minimum atomic E-state index is -0.500. The van der Waals surface area contributed by atoms with Crippen molar-refractivity contribution in [2.24, 2.45) is 12.5 Å². The van der Waals surface area contributed by atoms with Crippen LogP contribution in [0.15, 0.2) is 9.59 Å². The zero-order chi connectivity index (χ0) is 15.3. The minimum absolute atomic E-state index is 0.0722. The van der Waals surface area contributed by atoms with Crippen molar-refractivity contribution in [3.05, 3.63) is 20.8 Å². The van der Waals surface area contributed by atoms with Gasteiger partial charge in [0.1, 0.15) is 11.5 Å². The molecule has 0 fully saturated rings. The molecule has 0 aliphatic heterocycles. The monoisotopic (exact) mass is 282 g/mol. The third kappa shape index (κ3) is 4.15. The lowest BCUT2D eigenvalue weighted by atomic mass is 9.87. The summed E-state index contributed by atoms with van der Waals surface area (Å²) < 4.78 is 1.23. The first-order chi connectivity index (χ1) is 9.28. The van der Waals surface area contributed by atoms with Crippen molar-refractivity contribution in [1.29, 1.82) is 0 Å². The Morgan fingerprint density at radius 1 is 1.30 bits per heavy atom. The van der Waals surface area contributed by atoms with Crippen molar-refractivity contribution in [2.45, 2.75) is 46.5 Å². The molecule has 0 aliphatic carbocycles. The first-order valence-electron chi connectivity index (χ1n) is 7.11. The molecule has 0 spiro atoms. The van der Waals surface area contributed by atoms with Crippen LogP contribution in [0, 0.1) is 5.41 Å². The Morgan fingerprint density at radius 2 is 1.95 bits per heavy atom. The van der Waals surface area contributed by atoms with E-state index in [0.29, 0.717) is 6.54 Å². The Morgan fingerprint density at radius 3 is 2.55 bits per heavy atom. The largest absolute Gasteiger partial charge is 0.383 e. The van der Waals surface area contributed by atoms with Crippen LogP contribution >= 0.6 is 0 Å². The van der Waals surface area contributed by atoms with Gasteiger partial charge in [0, 0.05) is 13.6 Å². The quantitative estimate of drug-likeness (QED) is 0.663. The molecule has 0 radical (unpaired) electrons. The number of nitrogens with one attached hydrogen (secondary N) is 2. The highest BCUT2D eigenvalue weighted by atomic mass is 16.2. The second kappa shape index (κ2) is 6.63. The molecular weight excluding hydrogens is 256 g/mol. The highest BCUT2D eigenvalue weighted by Crippen LogP contribution is 2.24. The van der Waals surface area contributed by atoms with Crippen molar-refractivity contribution in [3.8, 4) is 0 Å². The van der Waals surface area contributed by atoms with Crippen LogP contribution in [0.5, 0.6) is 0 Å². The van der Waals surface area contributed by atoms with Crippen LogP contribution in [0.4, 0.5) is 11.5 Å². The van der Waals surface area contributed by atoms with E-state index in [1.807, 2.05) is 0 Å². The average molecular weight is 282 g/mol. The van der Waals surface area contributed by atoms with Crippen LogP contribution in [0.2, 0.25) is 0 Å². The molecule has 0 unspecified atom stereocenters. The molecule has 114 valence electrons. The summed E-state index contributed by atoms with van der Waals surface area (Å²) in [6, 6.07) is 0. The van der Waals surface area contributed by atoms with Crippen LogP contribution in [0.3, 0.4) is 0 Å². The first kappa shape index (κ1) is 16.3. The van der Waals surface area contributed by atoms with Crippen molar-refractivity contribution < 1.29 is 0 Å². The van der Waals surface area contributed by atoms with E-state index in [1.165, 1.54) is 30.9 Å². The highest BCUT2D eigenvalue weighted by molar-refractivity contribution is 5.60. The van der Waals surface area contributed by atoms with E-state index in [0.717, 1.165) is 6.42 Å². The predicted molar refractivity (Wildman–Crippen MR) is 83.1 cm³/mol. The zero-order valence-electron chi connectivity index (χ0n) is 12.9. The van der Waals surface area contributed by atoms with Crippen LogP contribution in [-0.2, 0) is 7.05 Å². The summed E-state index contributed by atoms with van der Waals surface area (Å²) in [7, 11) is 1.53. The number of H-pyrrole nitrogens is 1. The lowest BCUT2D eigenvalue weighted by Crippen LogP contribution is -2.34. The molecule has 0 bridgehead atoms. The summed E-state index contributed by atoms with van der Waals surface area (Å²) in [6.07, 6.45) is 4.66. The summed E-state index contributed by atoms with van der Waals surface area (Å²) in [5, 5.41) is 3.09. The second-order valence-electron chi connectivity index (χ2n) is 6.05. The number of nitrogens with zero attached hydrogens (tertiary/aromatic N) is 1. The molecule has 0 amide bonds. The molecule has 0 aliphatic rings. The number of hydrogen-bond acceptors (Lipinski definition) is 4. The van der Waals surface area contributed by atoms with Crippen molar-refractivity contribution >= 4 is 11.5 Å². The Bertz CT molecular complexity index is 557. The number of rotatable bonds is 7. The molecule has 0 saturated carbocycles. The van der Waals surface area contributed by atoms with Gasteiger partial charge in [-0.05, 0) is 11.8 Å². The van der Waals surface area contributed by atoms with Crippen molar-refractivity contribution in [3.63, 3.8) is 0 Å². The number of nitrogens with two attached hydrogens (primary N) is 1. The van der Waals surface area contributed by atoms with Gasteiger partial charge in [0.05, 0.1) is 0 Å². The van der Waals surface area contributed by atoms with Gasteiger partial charge in [-0.1, -0.05) is 40.0 Å². The Labute approximate surface area is 119 Å². The third-order valence-corrected chi connectivity index (χ3v) is 3.57. The standard InChI is InChI=1S/C14H26N4O2/c1-5-6-7-8-14(2,3)9-16-10-11(15)18(4)13(20)17-12(10)19/h16H,5-9,15H2,1-4H3,(H,17,19,20). The smallest absolute Gasteiger partial charge is 0.329 e. The number of hydrogen-bond donors (Lipinski definition) is 3. The number of nitrogen functional groups attached to an aromatic ring is 1. The fraction of sp³-hybridized carbons (Fsp3) is 0.714. The van der Waals surface area contributed by atoms with Crippen molar-refractivity contribution in [2.75, 3.05) is 17.6 Å². The number of unbranched alkanes of at least 4 members (excludes halogenated alkanes) is 2. The molecule has 1 heterocycles. The van der Waals surface area contributed by atoms with Gasteiger partial charge in [-0.2, -0.15) is 0 Å². The van der Waals surface area contributed by atoms with Gasteiger partial charge in [0.2, 0.25) is 0 Å².